The van der Waals surface area contributed by atoms with Crippen molar-refractivity contribution in [3.8, 4) is 10.9 Å². The highest BCUT2D eigenvalue weighted by atomic mass is 32.1. The number of benzene rings is 1. The molecule has 0 radical (unpaired) electrons. The van der Waals surface area contributed by atoms with E-state index in [1.54, 1.807) is 38.4 Å². The molecule has 0 bridgehead atoms. The van der Waals surface area contributed by atoms with Crippen molar-refractivity contribution in [3.05, 3.63) is 40.9 Å². The van der Waals surface area contributed by atoms with Crippen molar-refractivity contribution in [1.29, 1.82) is 0 Å². The van der Waals surface area contributed by atoms with E-state index in [1.165, 1.54) is 11.1 Å². The molecule has 0 saturated heterocycles. The molecular weight excluding hydrogens is 384 g/mol. The van der Waals surface area contributed by atoms with Crippen molar-refractivity contribution in [2.45, 2.75) is 6.10 Å². The number of hydrogen-bond donors (Lipinski definition) is 3. The normalized spacial score (nSPS) is 11.7. The van der Waals surface area contributed by atoms with Crippen LogP contribution in [0.2, 0.25) is 0 Å². The Kier molecular flexibility index (Phi) is 8.18. The zero-order valence-electron chi connectivity index (χ0n) is 15.8. The molecule has 152 valence electrons. The second kappa shape index (κ2) is 10.6. The van der Waals surface area contributed by atoms with Gasteiger partial charge in [-0.15, -0.1) is 0 Å². The molecule has 9 nitrogen and oxygen atoms in total. The Bertz CT molecular complexity index is 779. The van der Waals surface area contributed by atoms with Crippen LogP contribution in [0.4, 0.5) is 0 Å². The van der Waals surface area contributed by atoms with Crippen molar-refractivity contribution in [2.24, 2.45) is 5.73 Å². The van der Waals surface area contributed by atoms with Crippen LogP contribution >= 0.6 is 11.3 Å². The Morgan fingerprint density at radius 1 is 1.29 bits per heavy atom. The molecule has 10 heteroatoms. The fraction of sp³-hybridized carbons (Fsp3) is 0.389. The van der Waals surface area contributed by atoms with E-state index in [4.69, 9.17) is 15.2 Å². The predicted molar refractivity (Wildman–Crippen MR) is 105 cm³/mol. The molecule has 2 amide bonds. The van der Waals surface area contributed by atoms with E-state index in [0.717, 1.165) is 11.3 Å². The maximum absolute atomic E-state index is 11.8. The second-order valence-electron chi connectivity index (χ2n) is 6.10. The van der Waals surface area contributed by atoms with E-state index in [1.807, 2.05) is 0 Å². The number of nitrogens with one attached hydrogen (secondary N) is 1. The van der Waals surface area contributed by atoms with Gasteiger partial charge in [-0.25, -0.2) is 4.98 Å². The number of carbonyl (C=O) groups is 2. The number of ether oxygens (including phenoxy) is 2. The standard InChI is InChI=1S/C18H24N4O5S/c1-22(2)17(25)15-10-21-18(28-15)27-11-13(23)9-20-7-8-26-14-5-3-12(4-6-14)16(19)24/h3-6,10,13,20,23H,7-9,11H2,1-2H3,(H2,19,24). The lowest BCUT2D eigenvalue weighted by Gasteiger charge is -2.12. The number of thiazole rings is 1. The summed E-state index contributed by atoms with van der Waals surface area (Å²) in [5.41, 5.74) is 5.60. The number of carbonyl (C=O) groups excluding carboxylic acids is 2. The first kappa shape index (κ1) is 21.6. The minimum Gasteiger partial charge on any atom is -0.492 e. The molecule has 28 heavy (non-hydrogen) atoms. The van der Waals surface area contributed by atoms with Crippen LogP contribution in [-0.2, 0) is 0 Å². The van der Waals surface area contributed by atoms with Crippen molar-refractivity contribution < 1.29 is 24.2 Å². The van der Waals surface area contributed by atoms with Gasteiger partial charge in [-0.05, 0) is 24.3 Å². The van der Waals surface area contributed by atoms with Gasteiger partial charge in [0.25, 0.3) is 11.1 Å². The lowest BCUT2D eigenvalue weighted by Crippen LogP contribution is -2.33. The van der Waals surface area contributed by atoms with E-state index in [-0.39, 0.29) is 12.5 Å². The highest BCUT2D eigenvalue weighted by Gasteiger charge is 2.14. The first-order chi connectivity index (χ1) is 13.4. The fourth-order valence-electron chi connectivity index (χ4n) is 2.10. The molecule has 1 atom stereocenters. The third-order valence-corrected chi connectivity index (χ3v) is 4.46. The van der Waals surface area contributed by atoms with Gasteiger partial charge in [0.15, 0.2) is 0 Å². The Labute approximate surface area is 167 Å². The molecule has 4 N–H and O–H groups in total. The number of primary amides is 1. The van der Waals surface area contributed by atoms with Gasteiger partial charge in [0.2, 0.25) is 5.91 Å². The van der Waals surface area contributed by atoms with Gasteiger partial charge in [-0.3, -0.25) is 9.59 Å². The summed E-state index contributed by atoms with van der Waals surface area (Å²) in [5.74, 6) is 0.00375. The van der Waals surface area contributed by atoms with Crippen LogP contribution in [0.15, 0.2) is 30.5 Å². The Morgan fingerprint density at radius 3 is 2.64 bits per heavy atom. The number of aliphatic hydroxyl groups is 1. The largest absolute Gasteiger partial charge is 0.492 e. The molecular formula is C18H24N4O5S. The van der Waals surface area contributed by atoms with Crippen molar-refractivity contribution in [3.63, 3.8) is 0 Å². The van der Waals surface area contributed by atoms with Crippen molar-refractivity contribution >= 4 is 23.2 Å². The van der Waals surface area contributed by atoms with E-state index < -0.39 is 12.0 Å². The summed E-state index contributed by atoms with van der Waals surface area (Å²) in [7, 11) is 3.33. The SMILES string of the molecule is CN(C)C(=O)c1cnc(OCC(O)CNCCOc2ccc(C(N)=O)cc2)s1. The summed E-state index contributed by atoms with van der Waals surface area (Å²) in [5, 5.41) is 13.3. The number of aromatic nitrogens is 1. The minimum absolute atomic E-state index is 0.0611. The Balaban J connectivity index is 1.60. The maximum atomic E-state index is 11.8. The molecule has 1 aromatic heterocycles. The highest BCUT2D eigenvalue weighted by Crippen LogP contribution is 2.21. The van der Waals surface area contributed by atoms with Gasteiger partial charge in [0.1, 0.15) is 29.9 Å². The molecule has 2 aromatic rings. The summed E-state index contributed by atoms with van der Waals surface area (Å²) in [6, 6.07) is 6.54. The quantitative estimate of drug-likeness (QED) is 0.458. The zero-order valence-corrected chi connectivity index (χ0v) is 16.6. The summed E-state index contributed by atoms with van der Waals surface area (Å²) in [6.45, 7) is 1.30. The first-order valence-electron chi connectivity index (χ1n) is 8.58. The summed E-state index contributed by atoms with van der Waals surface area (Å²) in [4.78, 5) is 28.8. The molecule has 2 rings (SSSR count). The molecule has 0 aliphatic heterocycles. The van der Waals surface area contributed by atoms with Gasteiger partial charge < -0.3 is 30.5 Å². The van der Waals surface area contributed by atoms with Gasteiger partial charge in [0.05, 0.1) is 6.20 Å². The summed E-state index contributed by atoms with van der Waals surface area (Å²) in [6.07, 6.45) is 0.729. The third-order valence-electron chi connectivity index (χ3n) is 3.57. The minimum atomic E-state index is -0.730. The molecule has 0 aliphatic carbocycles. The second-order valence-corrected chi connectivity index (χ2v) is 7.09. The maximum Gasteiger partial charge on any atom is 0.273 e. The fourth-order valence-corrected chi connectivity index (χ4v) is 2.89. The molecule has 0 saturated carbocycles. The van der Waals surface area contributed by atoms with Gasteiger partial charge in [0, 0.05) is 32.7 Å². The summed E-state index contributed by atoms with van der Waals surface area (Å²) < 4.78 is 10.9. The Morgan fingerprint density at radius 2 is 2.00 bits per heavy atom. The molecule has 1 unspecified atom stereocenters. The lowest BCUT2D eigenvalue weighted by atomic mass is 10.2. The number of hydrogen-bond acceptors (Lipinski definition) is 8. The third kappa shape index (κ3) is 6.80. The number of nitrogens with two attached hydrogens (primary N) is 1. The molecule has 0 aliphatic rings. The van der Waals surface area contributed by atoms with Crippen LogP contribution in [0.1, 0.15) is 20.0 Å². The molecule has 0 fully saturated rings. The van der Waals surface area contributed by atoms with Crippen LogP contribution in [-0.4, -0.2) is 73.3 Å². The van der Waals surface area contributed by atoms with Crippen LogP contribution in [0.5, 0.6) is 10.9 Å². The van der Waals surface area contributed by atoms with Crippen molar-refractivity contribution in [2.75, 3.05) is 40.4 Å². The lowest BCUT2D eigenvalue weighted by molar-refractivity contribution is 0.0831. The molecule has 1 aromatic carbocycles. The van der Waals surface area contributed by atoms with Crippen LogP contribution in [0, 0.1) is 0 Å². The highest BCUT2D eigenvalue weighted by molar-refractivity contribution is 7.15. The number of rotatable bonds is 11. The monoisotopic (exact) mass is 408 g/mol. The van der Waals surface area contributed by atoms with E-state index >= 15 is 0 Å². The molecule has 0 spiro atoms. The first-order valence-corrected chi connectivity index (χ1v) is 9.40. The van der Waals surface area contributed by atoms with Gasteiger partial charge in [-0.2, -0.15) is 0 Å². The Hall–Kier alpha value is -2.69. The smallest absolute Gasteiger partial charge is 0.273 e. The average Bonchev–Trinajstić information content (AvgIpc) is 3.14. The topological polar surface area (TPSA) is 127 Å². The number of aliphatic hydroxyl groups excluding tert-OH is 1. The predicted octanol–water partition coefficient (Wildman–Crippen LogP) is 0.352. The zero-order chi connectivity index (χ0) is 20.5. The number of amides is 2. The van der Waals surface area contributed by atoms with E-state index in [2.05, 4.69) is 10.3 Å². The summed E-state index contributed by atoms with van der Waals surface area (Å²) >= 11 is 1.14. The van der Waals surface area contributed by atoms with Crippen LogP contribution < -0.4 is 20.5 Å². The molecule has 1 heterocycles. The van der Waals surface area contributed by atoms with Gasteiger partial charge >= 0.3 is 0 Å². The average molecular weight is 408 g/mol. The van der Waals surface area contributed by atoms with Crippen LogP contribution in [0.3, 0.4) is 0 Å². The number of nitrogens with zero attached hydrogens (tertiary/aromatic N) is 2. The van der Waals surface area contributed by atoms with Gasteiger partial charge in [-0.1, -0.05) is 11.3 Å². The van der Waals surface area contributed by atoms with Crippen LogP contribution in [0.25, 0.3) is 0 Å². The van der Waals surface area contributed by atoms with Crippen molar-refractivity contribution in [1.82, 2.24) is 15.2 Å². The van der Waals surface area contributed by atoms with E-state index in [9.17, 15) is 14.7 Å². The van der Waals surface area contributed by atoms with E-state index in [0.29, 0.717) is 41.1 Å².